The molecule has 1 N–H and O–H groups in total. The molecule has 1 aromatic rings. The summed E-state index contributed by atoms with van der Waals surface area (Å²) in [6.45, 7) is 3.06. The van der Waals surface area contributed by atoms with Gasteiger partial charge in [0.1, 0.15) is 5.75 Å². The third-order valence-electron chi connectivity index (χ3n) is 3.02. The number of hydrogen-bond donors (Lipinski definition) is 1. The average molecular weight is 284 g/mol. The zero-order valence-electron chi connectivity index (χ0n) is 10.9. The summed E-state index contributed by atoms with van der Waals surface area (Å²) in [5.74, 6) is 0.495. The number of amides is 1. The Hall–Kier alpha value is -1.26. The highest BCUT2D eigenvalue weighted by Gasteiger charge is 2.19. The van der Waals surface area contributed by atoms with Crippen molar-refractivity contribution < 1.29 is 14.3 Å². The Kier molecular flexibility index (Phi) is 5.05. The highest BCUT2D eigenvalue weighted by atomic mass is 35.5. The Morgan fingerprint density at radius 1 is 1.53 bits per heavy atom. The number of halogens is 1. The van der Waals surface area contributed by atoms with Crippen molar-refractivity contribution in [3.05, 3.63) is 29.3 Å². The van der Waals surface area contributed by atoms with Gasteiger partial charge in [-0.25, -0.2) is 0 Å². The molecule has 1 aromatic carbocycles. The Balaban J connectivity index is 1.76. The van der Waals surface area contributed by atoms with Crippen molar-refractivity contribution in [1.29, 1.82) is 0 Å². The fourth-order valence-electron chi connectivity index (χ4n) is 1.93. The normalized spacial score (nSPS) is 20.0. The second-order valence-electron chi connectivity index (χ2n) is 4.59. The molecule has 1 saturated heterocycles. The van der Waals surface area contributed by atoms with E-state index < -0.39 is 6.10 Å². The first-order valence-corrected chi connectivity index (χ1v) is 6.84. The minimum absolute atomic E-state index is 0.134. The van der Waals surface area contributed by atoms with Crippen LogP contribution in [0.25, 0.3) is 0 Å². The minimum atomic E-state index is -0.539. The second-order valence-corrected chi connectivity index (χ2v) is 5.03. The van der Waals surface area contributed by atoms with E-state index in [-0.39, 0.29) is 12.0 Å². The molecule has 1 aliphatic heterocycles. The minimum Gasteiger partial charge on any atom is -0.481 e. The van der Waals surface area contributed by atoms with Crippen molar-refractivity contribution in [3.8, 4) is 5.75 Å². The number of carbonyl (C=O) groups excluding carboxylic acids is 1. The Morgan fingerprint density at radius 2 is 2.26 bits per heavy atom. The van der Waals surface area contributed by atoms with Crippen LogP contribution in [0.3, 0.4) is 0 Å². The van der Waals surface area contributed by atoms with Gasteiger partial charge in [0.15, 0.2) is 6.10 Å². The van der Waals surface area contributed by atoms with E-state index in [4.69, 9.17) is 21.1 Å². The molecule has 1 aliphatic rings. The smallest absolute Gasteiger partial charge is 0.260 e. The molecule has 0 saturated carbocycles. The first kappa shape index (κ1) is 14.2. The summed E-state index contributed by atoms with van der Waals surface area (Å²) >= 11 is 5.78. The van der Waals surface area contributed by atoms with Crippen molar-refractivity contribution in [2.45, 2.75) is 32.0 Å². The van der Waals surface area contributed by atoms with Crippen molar-refractivity contribution in [2.75, 3.05) is 13.2 Å². The van der Waals surface area contributed by atoms with Gasteiger partial charge in [0.25, 0.3) is 5.91 Å². The number of benzene rings is 1. The summed E-state index contributed by atoms with van der Waals surface area (Å²) in [4.78, 5) is 11.9. The van der Waals surface area contributed by atoms with Gasteiger partial charge in [-0.05, 0) is 44.0 Å². The molecule has 0 unspecified atom stereocenters. The van der Waals surface area contributed by atoms with Crippen LogP contribution in [0.2, 0.25) is 5.02 Å². The van der Waals surface area contributed by atoms with E-state index in [0.29, 0.717) is 17.3 Å². The molecule has 2 atom stereocenters. The summed E-state index contributed by atoms with van der Waals surface area (Å²) in [6.07, 6.45) is 1.68. The van der Waals surface area contributed by atoms with Crippen LogP contribution in [0.4, 0.5) is 0 Å². The lowest BCUT2D eigenvalue weighted by atomic mass is 10.2. The van der Waals surface area contributed by atoms with E-state index in [9.17, 15) is 4.79 Å². The summed E-state index contributed by atoms with van der Waals surface area (Å²) in [5, 5.41) is 3.48. The van der Waals surface area contributed by atoms with E-state index in [1.165, 1.54) is 0 Å². The fourth-order valence-corrected chi connectivity index (χ4v) is 2.06. The fraction of sp³-hybridized carbons (Fsp3) is 0.500. The maximum Gasteiger partial charge on any atom is 0.260 e. The first-order chi connectivity index (χ1) is 9.15. The first-order valence-electron chi connectivity index (χ1n) is 6.46. The van der Waals surface area contributed by atoms with E-state index in [1.54, 1.807) is 31.2 Å². The molecule has 0 spiro atoms. The van der Waals surface area contributed by atoms with Gasteiger partial charge in [-0.3, -0.25) is 4.79 Å². The Labute approximate surface area is 118 Å². The third-order valence-corrected chi connectivity index (χ3v) is 3.28. The number of nitrogens with one attached hydrogen (secondary N) is 1. The van der Waals surface area contributed by atoms with Crippen molar-refractivity contribution in [1.82, 2.24) is 5.32 Å². The second kappa shape index (κ2) is 6.78. The zero-order valence-corrected chi connectivity index (χ0v) is 11.7. The molecule has 1 fully saturated rings. The summed E-state index contributed by atoms with van der Waals surface area (Å²) in [6, 6.07) is 6.94. The van der Waals surface area contributed by atoms with Gasteiger partial charge in [-0.2, -0.15) is 0 Å². The SMILES string of the molecule is C[C@H](Oc1ccc(Cl)cc1)C(=O)NC[C@@H]1CCCO1. The Bertz CT molecular complexity index is 415. The molecule has 1 amide bonds. The van der Waals surface area contributed by atoms with Crippen LogP contribution >= 0.6 is 11.6 Å². The molecular formula is C14H18ClNO3. The molecule has 1 heterocycles. The van der Waals surface area contributed by atoms with Crippen LogP contribution in [-0.4, -0.2) is 31.3 Å². The summed E-state index contributed by atoms with van der Waals surface area (Å²) < 4.78 is 11.0. The lowest BCUT2D eigenvalue weighted by Crippen LogP contribution is -2.40. The molecule has 2 rings (SSSR count). The van der Waals surface area contributed by atoms with Gasteiger partial charge < -0.3 is 14.8 Å². The highest BCUT2D eigenvalue weighted by Crippen LogP contribution is 2.17. The molecule has 19 heavy (non-hydrogen) atoms. The van der Waals surface area contributed by atoms with Gasteiger partial charge in [-0.15, -0.1) is 0 Å². The van der Waals surface area contributed by atoms with Crippen molar-refractivity contribution in [2.24, 2.45) is 0 Å². The topological polar surface area (TPSA) is 47.6 Å². The van der Waals surface area contributed by atoms with E-state index in [2.05, 4.69) is 5.32 Å². The molecule has 5 heteroatoms. The van der Waals surface area contributed by atoms with Crippen LogP contribution in [0.1, 0.15) is 19.8 Å². The molecule has 0 aromatic heterocycles. The zero-order chi connectivity index (χ0) is 13.7. The number of hydrogen-bond acceptors (Lipinski definition) is 3. The number of ether oxygens (including phenoxy) is 2. The highest BCUT2D eigenvalue weighted by molar-refractivity contribution is 6.30. The Morgan fingerprint density at radius 3 is 2.89 bits per heavy atom. The molecule has 0 bridgehead atoms. The number of carbonyl (C=O) groups is 1. The van der Waals surface area contributed by atoms with E-state index >= 15 is 0 Å². The van der Waals surface area contributed by atoms with Gasteiger partial charge in [0, 0.05) is 18.2 Å². The maximum atomic E-state index is 11.9. The van der Waals surface area contributed by atoms with Crippen LogP contribution in [0.15, 0.2) is 24.3 Å². The van der Waals surface area contributed by atoms with Crippen molar-refractivity contribution in [3.63, 3.8) is 0 Å². The van der Waals surface area contributed by atoms with Crippen molar-refractivity contribution >= 4 is 17.5 Å². The molecule has 0 radical (unpaired) electrons. The molecule has 104 valence electrons. The lowest BCUT2D eigenvalue weighted by Gasteiger charge is -2.16. The van der Waals surface area contributed by atoms with Gasteiger partial charge in [-0.1, -0.05) is 11.6 Å². The third kappa shape index (κ3) is 4.40. The van der Waals surface area contributed by atoms with Crippen LogP contribution in [-0.2, 0) is 9.53 Å². The van der Waals surface area contributed by atoms with Gasteiger partial charge >= 0.3 is 0 Å². The van der Waals surface area contributed by atoms with E-state index in [1.807, 2.05) is 0 Å². The van der Waals surface area contributed by atoms with Gasteiger partial charge in [0.2, 0.25) is 0 Å². The van der Waals surface area contributed by atoms with E-state index in [0.717, 1.165) is 19.4 Å². The predicted octanol–water partition coefficient (Wildman–Crippen LogP) is 2.40. The maximum absolute atomic E-state index is 11.9. The summed E-state index contributed by atoms with van der Waals surface area (Å²) in [7, 11) is 0. The lowest BCUT2D eigenvalue weighted by molar-refractivity contribution is -0.127. The standard InChI is InChI=1S/C14H18ClNO3/c1-10(19-12-6-4-11(15)5-7-12)14(17)16-9-13-3-2-8-18-13/h4-7,10,13H,2-3,8-9H2,1H3,(H,16,17)/t10-,13-/m0/s1. The molecule has 4 nitrogen and oxygen atoms in total. The predicted molar refractivity (Wildman–Crippen MR) is 73.5 cm³/mol. The van der Waals surface area contributed by atoms with Gasteiger partial charge in [0.05, 0.1) is 6.10 Å². The quantitative estimate of drug-likeness (QED) is 0.903. The largest absolute Gasteiger partial charge is 0.481 e. The monoisotopic (exact) mass is 283 g/mol. The van der Waals surface area contributed by atoms with Crippen LogP contribution in [0.5, 0.6) is 5.75 Å². The van der Waals surface area contributed by atoms with Crippen LogP contribution < -0.4 is 10.1 Å². The summed E-state index contributed by atoms with van der Waals surface area (Å²) in [5.41, 5.74) is 0. The van der Waals surface area contributed by atoms with Crippen LogP contribution in [0, 0.1) is 0 Å². The average Bonchev–Trinajstić information content (AvgIpc) is 2.91. The molecule has 0 aliphatic carbocycles. The molecular weight excluding hydrogens is 266 g/mol. The number of rotatable bonds is 5.